The lowest BCUT2D eigenvalue weighted by Crippen LogP contribution is -2.28. The van der Waals surface area contributed by atoms with Gasteiger partial charge in [-0.1, -0.05) is 26.0 Å². The normalized spacial score (nSPS) is 22.4. The molecule has 0 saturated carbocycles. The Bertz CT molecular complexity index is 506. The van der Waals surface area contributed by atoms with Crippen LogP contribution < -0.4 is 0 Å². The maximum atomic E-state index is 12.4. The Morgan fingerprint density at radius 3 is 2.85 bits per heavy atom. The number of Topliss-reactive ketones (excluding diaryl/α,β-unsaturated/α-hetero) is 1. The minimum absolute atomic E-state index is 0.295. The summed E-state index contributed by atoms with van der Waals surface area (Å²) in [5, 5.41) is 0. The molecule has 1 heterocycles. The lowest BCUT2D eigenvalue weighted by molar-refractivity contribution is 0.0942. The maximum absolute atomic E-state index is 12.4. The topological polar surface area (TPSA) is 20.3 Å². The Labute approximate surface area is 122 Å². The first-order chi connectivity index (χ1) is 9.63. The minimum atomic E-state index is 0.295. The van der Waals surface area contributed by atoms with E-state index < -0.39 is 0 Å². The largest absolute Gasteiger partial charge is 0.296 e. The highest BCUT2D eigenvalue weighted by Gasteiger charge is 2.26. The molecule has 2 heteroatoms. The smallest absolute Gasteiger partial charge is 0.176 e. The van der Waals surface area contributed by atoms with Gasteiger partial charge in [-0.25, -0.2) is 0 Å². The molecule has 0 bridgehead atoms. The van der Waals surface area contributed by atoms with Crippen LogP contribution in [0.25, 0.3) is 0 Å². The third-order valence-corrected chi connectivity index (χ3v) is 5.04. The van der Waals surface area contributed by atoms with Crippen LogP contribution in [0.3, 0.4) is 0 Å². The molecule has 108 valence electrons. The Morgan fingerprint density at radius 1 is 1.30 bits per heavy atom. The molecule has 0 radical (unpaired) electrons. The monoisotopic (exact) mass is 271 g/mol. The van der Waals surface area contributed by atoms with Crippen molar-refractivity contribution in [3.63, 3.8) is 0 Å². The van der Waals surface area contributed by atoms with Crippen LogP contribution in [0.15, 0.2) is 18.2 Å². The molecule has 1 atom stereocenters. The van der Waals surface area contributed by atoms with Gasteiger partial charge in [0.05, 0.1) is 6.54 Å². The third-order valence-electron chi connectivity index (χ3n) is 5.04. The van der Waals surface area contributed by atoms with Crippen LogP contribution in [-0.4, -0.2) is 30.3 Å². The van der Waals surface area contributed by atoms with E-state index in [-0.39, 0.29) is 0 Å². The standard InChI is InChI=1S/C18H25NO/c1-13(2)17-8-9-19(11-17)12-18(20)16-7-6-14-4-3-5-15(14)10-16/h6-7,10,13,17H,3-5,8-9,11-12H2,1-2H3. The SMILES string of the molecule is CC(C)C1CCN(CC(=O)c2ccc3c(c2)CCC3)C1. The molecule has 1 aliphatic heterocycles. The average Bonchev–Trinajstić information content (AvgIpc) is 3.05. The summed E-state index contributed by atoms with van der Waals surface area (Å²) in [4.78, 5) is 14.8. The lowest BCUT2D eigenvalue weighted by Gasteiger charge is -2.17. The highest BCUT2D eigenvalue weighted by Crippen LogP contribution is 2.25. The fourth-order valence-corrected chi connectivity index (χ4v) is 3.59. The van der Waals surface area contributed by atoms with Crippen LogP contribution in [0.1, 0.15) is 48.2 Å². The van der Waals surface area contributed by atoms with E-state index in [1.165, 1.54) is 30.4 Å². The molecule has 0 N–H and O–H groups in total. The Morgan fingerprint density at radius 2 is 2.10 bits per heavy atom. The summed E-state index contributed by atoms with van der Waals surface area (Å²) in [5.74, 6) is 1.79. The average molecular weight is 271 g/mol. The summed E-state index contributed by atoms with van der Waals surface area (Å²) in [6, 6.07) is 6.33. The van der Waals surface area contributed by atoms with Crippen LogP contribution in [0, 0.1) is 11.8 Å². The summed E-state index contributed by atoms with van der Waals surface area (Å²) in [6.07, 6.45) is 4.83. The summed E-state index contributed by atoms with van der Waals surface area (Å²) >= 11 is 0. The van der Waals surface area contributed by atoms with E-state index in [4.69, 9.17) is 0 Å². The number of rotatable bonds is 4. The van der Waals surface area contributed by atoms with Gasteiger partial charge in [0.15, 0.2) is 5.78 Å². The molecule has 3 rings (SSSR count). The van der Waals surface area contributed by atoms with E-state index in [0.717, 1.165) is 36.9 Å². The number of fused-ring (bicyclic) bond motifs is 1. The number of likely N-dealkylation sites (tertiary alicyclic amines) is 1. The summed E-state index contributed by atoms with van der Waals surface area (Å²) in [5.41, 5.74) is 3.76. The first kappa shape index (κ1) is 13.8. The number of aryl methyl sites for hydroxylation is 2. The molecule has 1 aromatic rings. The van der Waals surface area contributed by atoms with Gasteiger partial charge in [-0.3, -0.25) is 9.69 Å². The molecule has 1 unspecified atom stereocenters. The molecule has 1 aromatic carbocycles. The van der Waals surface area contributed by atoms with Gasteiger partial charge in [0, 0.05) is 12.1 Å². The van der Waals surface area contributed by atoms with Crippen molar-refractivity contribution in [1.29, 1.82) is 0 Å². The number of benzene rings is 1. The van der Waals surface area contributed by atoms with Crippen LogP contribution in [0.4, 0.5) is 0 Å². The van der Waals surface area contributed by atoms with Crippen molar-refractivity contribution in [2.24, 2.45) is 11.8 Å². The third kappa shape index (κ3) is 2.80. The number of hydrogen-bond donors (Lipinski definition) is 0. The van der Waals surface area contributed by atoms with Gasteiger partial charge in [-0.15, -0.1) is 0 Å². The van der Waals surface area contributed by atoms with E-state index in [9.17, 15) is 4.79 Å². The second-order valence-corrected chi connectivity index (χ2v) is 6.79. The van der Waals surface area contributed by atoms with Crippen molar-refractivity contribution < 1.29 is 4.79 Å². The van der Waals surface area contributed by atoms with Gasteiger partial charge in [-0.2, -0.15) is 0 Å². The Balaban J connectivity index is 1.62. The highest BCUT2D eigenvalue weighted by atomic mass is 16.1. The molecule has 1 saturated heterocycles. The van der Waals surface area contributed by atoms with Gasteiger partial charge < -0.3 is 0 Å². The molecule has 0 spiro atoms. The van der Waals surface area contributed by atoms with E-state index in [1.54, 1.807) is 0 Å². The molecule has 0 aromatic heterocycles. The van der Waals surface area contributed by atoms with Gasteiger partial charge >= 0.3 is 0 Å². The minimum Gasteiger partial charge on any atom is -0.296 e. The van der Waals surface area contributed by atoms with Gasteiger partial charge in [-0.05, 0) is 61.3 Å². The van der Waals surface area contributed by atoms with Crippen molar-refractivity contribution in [2.75, 3.05) is 19.6 Å². The van der Waals surface area contributed by atoms with Gasteiger partial charge in [0.1, 0.15) is 0 Å². The zero-order valence-electron chi connectivity index (χ0n) is 12.7. The van der Waals surface area contributed by atoms with E-state index in [2.05, 4.69) is 30.9 Å². The number of ketones is 1. The van der Waals surface area contributed by atoms with E-state index >= 15 is 0 Å². The lowest BCUT2D eigenvalue weighted by atomic mass is 9.95. The molecule has 1 fully saturated rings. The predicted octanol–water partition coefficient (Wildman–Crippen LogP) is 3.34. The van der Waals surface area contributed by atoms with E-state index in [1.807, 2.05) is 6.07 Å². The molecular formula is C18H25NO. The molecule has 2 aliphatic rings. The molecule has 20 heavy (non-hydrogen) atoms. The predicted molar refractivity (Wildman–Crippen MR) is 82.2 cm³/mol. The second-order valence-electron chi connectivity index (χ2n) is 6.79. The Hall–Kier alpha value is -1.15. The van der Waals surface area contributed by atoms with Crippen molar-refractivity contribution in [3.8, 4) is 0 Å². The quantitative estimate of drug-likeness (QED) is 0.783. The fourth-order valence-electron chi connectivity index (χ4n) is 3.59. The molecule has 2 nitrogen and oxygen atoms in total. The van der Waals surface area contributed by atoms with Gasteiger partial charge in [0.2, 0.25) is 0 Å². The number of hydrogen-bond acceptors (Lipinski definition) is 2. The summed E-state index contributed by atoms with van der Waals surface area (Å²) in [7, 11) is 0. The first-order valence-electron chi connectivity index (χ1n) is 8.01. The number of carbonyl (C=O) groups is 1. The van der Waals surface area contributed by atoms with Crippen LogP contribution in [0.5, 0.6) is 0 Å². The number of carbonyl (C=O) groups excluding carboxylic acids is 1. The molecular weight excluding hydrogens is 246 g/mol. The zero-order valence-corrected chi connectivity index (χ0v) is 12.7. The second kappa shape index (κ2) is 5.69. The fraction of sp³-hybridized carbons (Fsp3) is 0.611. The van der Waals surface area contributed by atoms with Crippen molar-refractivity contribution in [1.82, 2.24) is 4.90 Å². The summed E-state index contributed by atoms with van der Waals surface area (Å²) < 4.78 is 0. The van der Waals surface area contributed by atoms with Crippen LogP contribution >= 0.6 is 0 Å². The molecule has 1 aliphatic carbocycles. The van der Waals surface area contributed by atoms with Crippen LogP contribution in [0.2, 0.25) is 0 Å². The van der Waals surface area contributed by atoms with Crippen molar-refractivity contribution >= 4 is 5.78 Å². The zero-order chi connectivity index (χ0) is 14.1. The van der Waals surface area contributed by atoms with Crippen LogP contribution in [-0.2, 0) is 12.8 Å². The first-order valence-corrected chi connectivity index (χ1v) is 8.01. The van der Waals surface area contributed by atoms with Gasteiger partial charge in [0.25, 0.3) is 0 Å². The maximum Gasteiger partial charge on any atom is 0.176 e. The number of nitrogens with zero attached hydrogens (tertiary/aromatic N) is 1. The van der Waals surface area contributed by atoms with Crippen molar-refractivity contribution in [2.45, 2.75) is 39.5 Å². The summed E-state index contributed by atoms with van der Waals surface area (Å²) in [6.45, 7) is 7.35. The van der Waals surface area contributed by atoms with Crippen molar-refractivity contribution in [3.05, 3.63) is 34.9 Å². The Kier molecular flexibility index (Phi) is 3.93. The molecule has 0 amide bonds. The highest BCUT2D eigenvalue weighted by molar-refractivity contribution is 5.97. The van der Waals surface area contributed by atoms with E-state index in [0.29, 0.717) is 12.3 Å².